The molecule has 1 atom stereocenters. The van der Waals surface area contributed by atoms with E-state index in [0.717, 1.165) is 42.7 Å². The van der Waals surface area contributed by atoms with E-state index in [1.165, 1.54) is 11.8 Å². The van der Waals surface area contributed by atoms with Crippen molar-refractivity contribution < 1.29 is 19.1 Å². The standard InChI is InChI=1S/C19H26N2O4S/c1-13-6-7-16(14(2)10-13)20-17(22)11-26-12-18(23)25-15(3)19(24)21-8-4-5-9-21/h6-7,10,15H,4-5,8-9,11-12H2,1-3H3,(H,20,22)/t15-/m0/s1. The average Bonchev–Trinajstić information content (AvgIpc) is 3.11. The Kier molecular flexibility index (Phi) is 7.50. The van der Waals surface area contributed by atoms with Crippen LogP contribution in [0.25, 0.3) is 0 Å². The molecule has 142 valence electrons. The Morgan fingerprint density at radius 1 is 1.19 bits per heavy atom. The van der Waals surface area contributed by atoms with Gasteiger partial charge in [-0.05, 0) is 45.2 Å². The fourth-order valence-corrected chi connectivity index (χ4v) is 3.44. The van der Waals surface area contributed by atoms with Crippen LogP contribution in [0.3, 0.4) is 0 Å². The maximum atomic E-state index is 12.1. The number of benzene rings is 1. The second-order valence-corrected chi connectivity index (χ2v) is 7.51. The second-order valence-electron chi connectivity index (χ2n) is 6.52. The summed E-state index contributed by atoms with van der Waals surface area (Å²) in [7, 11) is 0. The summed E-state index contributed by atoms with van der Waals surface area (Å²) >= 11 is 1.17. The van der Waals surface area contributed by atoms with E-state index in [2.05, 4.69) is 5.32 Å². The molecule has 6 nitrogen and oxygen atoms in total. The number of likely N-dealkylation sites (tertiary alicyclic amines) is 1. The van der Waals surface area contributed by atoms with Crippen molar-refractivity contribution >= 4 is 35.2 Å². The summed E-state index contributed by atoms with van der Waals surface area (Å²) in [5.74, 6) is -0.604. The van der Waals surface area contributed by atoms with Gasteiger partial charge >= 0.3 is 5.97 Å². The third kappa shape index (κ3) is 6.05. The SMILES string of the molecule is Cc1ccc(NC(=O)CSCC(=O)O[C@@H](C)C(=O)N2CCCC2)c(C)c1. The first kappa shape index (κ1) is 20.3. The molecule has 1 saturated heterocycles. The first-order chi connectivity index (χ1) is 12.4. The van der Waals surface area contributed by atoms with Gasteiger partial charge in [0.1, 0.15) is 0 Å². The van der Waals surface area contributed by atoms with Gasteiger partial charge in [0.05, 0.1) is 11.5 Å². The Balaban J connectivity index is 1.68. The number of ether oxygens (including phenoxy) is 1. The number of nitrogens with one attached hydrogen (secondary N) is 1. The van der Waals surface area contributed by atoms with Crippen LogP contribution in [-0.4, -0.2) is 53.4 Å². The van der Waals surface area contributed by atoms with Crippen molar-refractivity contribution in [2.75, 3.05) is 29.9 Å². The van der Waals surface area contributed by atoms with Crippen LogP contribution in [0.1, 0.15) is 30.9 Å². The summed E-state index contributed by atoms with van der Waals surface area (Å²) in [6.07, 6.45) is 1.22. The van der Waals surface area contributed by atoms with Crippen LogP contribution in [0, 0.1) is 13.8 Å². The molecule has 0 bridgehead atoms. The molecule has 0 unspecified atom stereocenters. The first-order valence-electron chi connectivity index (χ1n) is 8.80. The molecule has 1 aromatic carbocycles. The van der Waals surface area contributed by atoms with Gasteiger partial charge in [-0.1, -0.05) is 17.7 Å². The lowest BCUT2D eigenvalue weighted by Gasteiger charge is -2.20. The Labute approximate surface area is 158 Å². The van der Waals surface area contributed by atoms with Crippen molar-refractivity contribution in [1.82, 2.24) is 4.90 Å². The summed E-state index contributed by atoms with van der Waals surface area (Å²) < 4.78 is 5.17. The van der Waals surface area contributed by atoms with Crippen LogP contribution in [0.5, 0.6) is 0 Å². The molecule has 0 spiro atoms. The Morgan fingerprint density at radius 3 is 2.54 bits per heavy atom. The number of esters is 1. The summed E-state index contributed by atoms with van der Waals surface area (Å²) in [6.45, 7) is 6.99. The highest BCUT2D eigenvalue weighted by Gasteiger charge is 2.25. The lowest BCUT2D eigenvalue weighted by atomic mass is 10.1. The normalized spacial score (nSPS) is 14.8. The van der Waals surface area contributed by atoms with E-state index in [-0.39, 0.29) is 23.3 Å². The number of hydrogen-bond donors (Lipinski definition) is 1. The quantitative estimate of drug-likeness (QED) is 0.738. The van der Waals surface area contributed by atoms with Crippen molar-refractivity contribution in [2.45, 2.75) is 39.7 Å². The van der Waals surface area contributed by atoms with Gasteiger partial charge in [-0.25, -0.2) is 0 Å². The minimum Gasteiger partial charge on any atom is -0.452 e. The maximum absolute atomic E-state index is 12.1. The van der Waals surface area contributed by atoms with Gasteiger partial charge in [0, 0.05) is 18.8 Å². The van der Waals surface area contributed by atoms with Crippen LogP contribution in [-0.2, 0) is 19.1 Å². The summed E-state index contributed by atoms with van der Waals surface area (Å²) in [6, 6.07) is 5.80. The molecule has 2 rings (SSSR count). The van der Waals surface area contributed by atoms with Crippen molar-refractivity contribution in [2.24, 2.45) is 0 Å². The van der Waals surface area contributed by atoms with Gasteiger partial charge in [0.2, 0.25) is 5.91 Å². The predicted octanol–water partition coefficient (Wildman–Crippen LogP) is 2.53. The fraction of sp³-hybridized carbons (Fsp3) is 0.526. The number of carbonyl (C=O) groups excluding carboxylic acids is 3. The Morgan fingerprint density at radius 2 is 1.88 bits per heavy atom. The molecule has 1 N–H and O–H groups in total. The number of hydrogen-bond acceptors (Lipinski definition) is 5. The number of aryl methyl sites for hydroxylation is 2. The minimum atomic E-state index is -0.773. The van der Waals surface area contributed by atoms with E-state index >= 15 is 0 Å². The number of rotatable bonds is 7. The Hall–Kier alpha value is -2.02. The molecule has 0 aromatic heterocycles. The lowest BCUT2D eigenvalue weighted by Crippen LogP contribution is -2.38. The van der Waals surface area contributed by atoms with E-state index in [0.29, 0.717) is 0 Å². The minimum absolute atomic E-state index is 0.0396. The van der Waals surface area contributed by atoms with E-state index in [1.807, 2.05) is 32.0 Å². The van der Waals surface area contributed by atoms with E-state index in [1.54, 1.807) is 11.8 Å². The largest absolute Gasteiger partial charge is 0.452 e. The highest BCUT2D eigenvalue weighted by Crippen LogP contribution is 2.16. The molecule has 1 heterocycles. The number of amides is 2. The molecular weight excluding hydrogens is 352 g/mol. The summed E-state index contributed by atoms with van der Waals surface area (Å²) in [5, 5.41) is 2.83. The van der Waals surface area contributed by atoms with Crippen LogP contribution in [0.2, 0.25) is 0 Å². The van der Waals surface area contributed by atoms with E-state index in [9.17, 15) is 14.4 Å². The zero-order valence-electron chi connectivity index (χ0n) is 15.5. The molecule has 2 amide bonds. The van der Waals surface area contributed by atoms with E-state index in [4.69, 9.17) is 4.74 Å². The predicted molar refractivity (Wildman–Crippen MR) is 103 cm³/mol. The molecule has 0 radical (unpaired) electrons. The van der Waals surface area contributed by atoms with Crippen LogP contribution < -0.4 is 5.32 Å². The molecule has 1 aliphatic rings. The molecule has 1 aromatic rings. The average molecular weight is 378 g/mol. The molecule has 1 aliphatic heterocycles. The van der Waals surface area contributed by atoms with Gasteiger partial charge < -0.3 is 15.0 Å². The summed E-state index contributed by atoms with van der Waals surface area (Å²) in [4.78, 5) is 37.7. The monoisotopic (exact) mass is 378 g/mol. The molecule has 1 fully saturated rings. The Bertz CT molecular complexity index is 672. The second kappa shape index (κ2) is 9.62. The van der Waals surface area contributed by atoms with Gasteiger partial charge in [0.15, 0.2) is 6.10 Å². The van der Waals surface area contributed by atoms with Crippen LogP contribution in [0.4, 0.5) is 5.69 Å². The van der Waals surface area contributed by atoms with Gasteiger partial charge in [-0.3, -0.25) is 14.4 Å². The number of nitrogens with zero attached hydrogens (tertiary/aromatic N) is 1. The maximum Gasteiger partial charge on any atom is 0.316 e. The summed E-state index contributed by atoms with van der Waals surface area (Å²) in [5.41, 5.74) is 2.90. The molecular formula is C19H26N2O4S. The van der Waals surface area contributed by atoms with Crippen LogP contribution >= 0.6 is 11.8 Å². The highest BCUT2D eigenvalue weighted by molar-refractivity contribution is 8.00. The van der Waals surface area contributed by atoms with Crippen molar-refractivity contribution in [3.63, 3.8) is 0 Å². The van der Waals surface area contributed by atoms with Gasteiger partial charge in [-0.2, -0.15) is 0 Å². The van der Waals surface area contributed by atoms with Gasteiger partial charge in [-0.15, -0.1) is 11.8 Å². The number of anilines is 1. The highest BCUT2D eigenvalue weighted by atomic mass is 32.2. The topological polar surface area (TPSA) is 75.7 Å². The molecule has 26 heavy (non-hydrogen) atoms. The molecule has 0 aliphatic carbocycles. The van der Waals surface area contributed by atoms with Crippen LogP contribution in [0.15, 0.2) is 18.2 Å². The van der Waals surface area contributed by atoms with Gasteiger partial charge in [0.25, 0.3) is 5.91 Å². The molecule has 7 heteroatoms. The third-order valence-electron chi connectivity index (χ3n) is 4.18. The number of thioether (sulfide) groups is 1. The smallest absolute Gasteiger partial charge is 0.316 e. The van der Waals surface area contributed by atoms with Crippen molar-refractivity contribution in [3.05, 3.63) is 29.3 Å². The third-order valence-corrected chi connectivity index (χ3v) is 5.09. The van der Waals surface area contributed by atoms with Crippen molar-refractivity contribution in [1.29, 1.82) is 0 Å². The lowest BCUT2D eigenvalue weighted by molar-refractivity contribution is -0.156. The zero-order valence-corrected chi connectivity index (χ0v) is 16.4. The van der Waals surface area contributed by atoms with E-state index < -0.39 is 12.1 Å². The first-order valence-corrected chi connectivity index (χ1v) is 9.95. The molecule has 0 saturated carbocycles. The fourth-order valence-electron chi connectivity index (χ4n) is 2.84. The zero-order chi connectivity index (χ0) is 19.1. The number of carbonyl (C=O) groups is 3. The van der Waals surface area contributed by atoms with Crippen molar-refractivity contribution in [3.8, 4) is 0 Å².